The van der Waals surface area contributed by atoms with Crippen molar-refractivity contribution in [1.29, 1.82) is 0 Å². The summed E-state index contributed by atoms with van der Waals surface area (Å²) >= 11 is 0.808. The van der Waals surface area contributed by atoms with Gasteiger partial charge in [-0.2, -0.15) is 0 Å². The number of aryl methyl sites for hydroxylation is 2. The maximum Gasteiger partial charge on any atom is 0.294 e. The van der Waals surface area contributed by atoms with Crippen LogP contribution < -0.4 is 14.8 Å². The van der Waals surface area contributed by atoms with Crippen LogP contribution in [0.5, 0.6) is 11.5 Å². The highest BCUT2D eigenvalue weighted by atomic mass is 32.2. The number of imide groups is 1. The van der Waals surface area contributed by atoms with Crippen molar-refractivity contribution in [2.75, 3.05) is 19.0 Å². The van der Waals surface area contributed by atoms with Crippen molar-refractivity contribution in [3.05, 3.63) is 58.0 Å². The second kappa shape index (κ2) is 10.6. The first kappa shape index (κ1) is 24.4. The number of nitrogens with one attached hydrogen (secondary N) is 1. The SMILES string of the molecule is CC[C@@H](C)Oc1ccc(/C=C2\SC(=O)N(CC(=O)Nc3ccc(C)c(C)c3)C2=O)cc1OC. The summed E-state index contributed by atoms with van der Waals surface area (Å²) in [6.07, 6.45) is 2.51. The van der Waals surface area contributed by atoms with Gasteiger partial charge in [-0.3, -0.25) is 19.3 Å². The lowest BCUT2D eigenvalue weighted by Gasteiger charge is -2.15. The van der Waals surface area contributed by atoms with Crippen molar-refractivity contribution < 1.29 is 23.9 Å². The average molecular weight is 469 g/mol. The number of nitrogens with zero attached hydrogens (tertiary/aromatic N) is 1. The monoisotopic (exact) mass is 468 g/mol. The Bertz CT molecular complexity index is 1110. The summed E-state index contributed by atoms with van der Waals surface area (Å²) in [4.78, 5) is 38.8. The Morgan fingerprint density at radius 2 is 1.88 bits per heavy atom. The highest BCUT2D eigenvalue weighted by molar-refractivity contribution is 8.18. The number of hydrogen-bond donors (Lipinski definition) is 1. The van der Waals surface area contributed by atoms with E-state index in [9.17, 15) is 14.4 Å². The molecule has 2 aromatic carbocycles. The Morgan fingerprint density at radius 3 is 2.55 bits per heavy atom. The number of amides is 3. The van der Waals surface area contributed by atoms with Gasteiger partial charge in [-0.1, -0.05) is 19.1 Å². The van der Waals surface area contributed by atoms with Crippen molar-refractivity contribution in [1.82, 2.24) is 4.90 Å². The molecule has 8 heteroatoms. The first-order valence-electron chi connectivity index (χ1n) is 10.7. The van der Waals surface area contributed by atoms with Crippen LogP contribution in [0.25, 0.3) is 6.08 Å². The summed E-state index contributed by atoms with van der Waals surface area (Å²) in [6, 6.07) is 10.9. The minimum absolute atomic E-state index is 0.0382. The summed E-state index contributed by atoms with van der Waals surface area (Å²) in [6.45, 7) is 7.59. The predicted molar refractivity (Wildman–Crippen MR) is 131 cm³/mol. The van der Waals surface area contributed by atoms with E-state index in [2.05, 4.69) is 5.32 Å². The fourth-order valence-electron chi connectivity index (χ4n) is 3.12. The smallest absolute Gasteiger partial charge is 0.294 e. The largest absolute Gasteiger partial charge is 0.493 e. The van der Waals surface area contributed by atoms with Crippen molar-refractivity contribution in [3.63, 3.8) is 0 Å². The molecule has 7 nitrogen and oxygen atoms in total. The predicted octanol–water partition coefficient (Wildman–Crippen LogP) is 5.16. The van der Waals surface area contributed by atoms with Crippen LogP contribution in [0.15, 0.2) is 41.3 Å². The van der Waals surface area contributed by atoms with Crippen LogP contribution in [-0.2, 0) is 9.59 Å². The molecular formula is C25H28N2O5S. The summed E-state index contributed by atoms with van der Waals surface area (Å²) in [5.41, 5.74) is 3.46. The third-order valence-electron chi connectivity index (χ3n) is 5.35. The molecule has 0 bridgehead atoms. The van der Waals surface area contributed by atoms with E-state index in [4.69, 9.17) is 9.47 Å². The van der Waals surface area contributed by atoms with Gasteiger partial charge in [0.1, 0.15) is 6.54 Å². The number of benzene rings is 2. The van der Waals surface area contributed by atoms with Crippen molar-refractivity contribution in [3.8, 4) is 11.5 Å². The molecule has 1 N–H and O–H groups in total. The third-order valence-corrected chi connectivity index (χ3v) is 6.26. The second-order valence-corrected chi connectivity index (χ2v) is 8.86. The van der Waals surface area contributed by atoms with Gasteiger partial charge in [0.2, 0.25) is 5.91 Å². The average Bonchev–Trinajstić information content (AvgIpc) is 3.04. The summed E-state index contributed by atoms with van der Waals surface area (Å²) in [5, 5.41) is 2.26. The van der Waals surface area contributed by atoms with Crippen LogP contribution in [0.2, 0.25) is 0 Å². The zero-order valence-electron chi connectivity index (χ0n) is 19.4. The van der Waals surface area contributed by atoms with E-state index in [1.807, 2.05) is 39.8 Å². The molecule has 1 heterocycles. The van der Waals surface area contributed by atoms with Crippen LogP contribution in [0.1, 0.15) is 37.0 Å². The first-order valence-corrected chi connectivity index (χ1v) is 11.5. The standard InChI is InChI=1S/C25H28N2O5S/c1-6-17(4)32-20-10-8-18(12-21(20)31-5)13-22-24(29)27(25(30)33-22)14-23(28)26-19-9-7-15(2)16(3)11-19/h7-13,17H,6,14H2,1-5H3,(H,26,28)/b22-13-/t17-/m1/s1. The molecular weight excluding hydrogens is 440 g/mol. The van der Waals surface area contributed by atoms with E-state index in [1.165, 1.54) is 0 Å². The molecule has 2 aromatic rings. The number of thioether (sulfide) groups is 1. The summed E-state index contributed by atoms with van der Waals surface area (Å²) < 4.78 is 11.3. The maximum absolute atomic E-state index is 12.8. The van der Waals surface area contributed by atoms with E-state index < -0.39 is 17.1 Å². The van der Waals surface area contributed by atoms with Crippen LogP contribution in [0.3, 0.4) is 0 Å². The normalized spacial score (nSPS) is 15.7. The fourth-order valence-corrected chi connectivity index (χ4v) is 3.96. The Balaban J connectivity index is 1.71. The summed E-state index contributed by atoms with van der Waals surface area (Å²) in [7, 11) is 1.55. The van der Waals surface area contributed by atoms with Gasteiger partial charge in [0, 0.05) is 5.69 Å². The number of methoxy groups -OCH3 is 1. The highest BCUT2D eigenvalue weighted by Crippen LogP contribution is 2.35. The molecule has 0 unspecified atom stereocenters. The van der Waals surface area contributed by atoms with Crippen molar-refractivity contribution >= 4 is 40.6 Å². The molecule has 0 saturated carbocycles. The van der Waals surface area contributed by atoms with Crippen LogP contribution >= 0.6 is 11.8 Å². The van der Waals surface area contributed by atoms with Gasteiger partial charge in [0.25, 0.3) is 11.1 Å². The lowest BCUT2D eigenvalue weighted by Crippen LogP contribution is -2.36. The van der Waals surface area contributed by atoms with Gasteiger partial charge in [-0.25, -0.2) is 0 Å². The van der Waals surface area contributed by atoms with Gasteiger partial charge >= 0.3 is 0 Å². The number of ether oxygens (including phenoxy) is 2. The van der Waals surface area contributed by atoms with Gasteiger partial charge in [0.15, 0.2) is 11.5 Å². The molecule has 3 rings (SSSR count). The van der Waals surface area contributed by atoms with Crippen molar-refractivity contribution in [2.24, 2.45) is 0 Å². The zero-order valence-corrected chi connectivity index (χ0v) is 20.2. The molecule has 0 spiro atoms. The number of hydrogen-bond acceptors (Lipinski definition) is 6. The molecule has 1 aliphatic heterocycles. The molecule has 33 heavy (non-hydrogen) atoms. The minimum Gasteiger partial charge on any atom is -0.493 e. The first-order chi connectivity index (χ1) is 15.7. The number of carbonyl (C=O) groups is 3. The molecule has 174 valence electrons. The molecule has 0 aliphatic carbocycles. The topological polar surface area (TPSA) is 84.9 Å². The van der Waals surface area contributed by atoms with Crippen molar-refractivity contribution in [2.45, 2.75) is 40.2 Å². The molecule has 1 saturated heterocycles. The van der Waals surface area contributed by atoms with E-state index in [1.54, 1.807) is 37.5 Å². The molecule has 0 aromatic heterocycles. The molecule has 1 fully saturated rings. The van der Waals surface area contributed by atoms with E-state index in [-0.39, 0.29) is 17.6 Å². The number of anilines is 1. The van der Waals surface area contributed by atoms with Gasteiger partial charge in [-0.05, 0) is 86.0 Å². The Labute approximate surface area is 198 Å². The van der Waals surface area contributed by atoms with Gasteiger partial charge in [0.05, 0.1) is 18.1 Å². The van der Waals surface area contributed by atoms with Crippen LogP contribution in [0, 0.1) is 13.8 Å². The molecule has 3 amide bonds. The third kappa shape index (κ3) is 5.96. The quantitative estimate of drug-likeness (QED) is 0.539. The maximum atomic E-state index is 12.8. The van der Waals surface area contributed by atoms with E-state index in [0.717, 1.165) is 34.2 Å². The lowest BCUT2D eigenvalue weighted by atomic mass is 10.1. The zero-order chi connectivity index (χ0) is 24.1. The Kier molecular flexibility index (Phi) is 7.81. The molecule has 1 aliphatic rings. The Morgan fingerprint density at radius 1 is 1.12 bits per heavy atom. The van der Waals surface area contributed by atoms with Gasteiger partial charge in [-0.15, -0.1) is 0 Å². The van der Waals surface area contributed by atoms with E-state index in [0.29, 0.717) is 22.7 Å². The highest BCUT2D eigenvalue weighted by Gasteiger charge is 2.36. The van der Waals surface area contributed by atoms with Crippen LogP contribution in [-0.4, -0.2) is 41.7 Å². The number of carbonyl (C=O) groups excluding carboxylic acids is 3. The fraction of sp³-hybridized carbons (Fsp3) is 0.320. The van der Waals surface area contributed by atoms with E-state index >= 15 is 0 Å². The molecule has 0 radical (unpaired) electrons. The second-order valence-electron chi connectivity index (χ2n) is 7.86. The van der Waals surface area contributed by atoms with Gasteiger partial charge < -0.3 is 14.8 Å². The molecule has 1 atom stereocenters. The lowest BCUT2D eigenvalue weighted by molar-refractivity contribution is -0.127. The minimum atomic E-state index is -0.501. The Hall–Kier alpha value is -3.26. The van der Waals surface area contributed by atoms with Crippen LogP contribution in [0.4, 0.5) is 10.5 Å². The summed E-state index contributed by atoms with van der Waals surface area (Å²) in [5.74, 6) is 0.213. The number of rotatable bonds is 8.